The molecule has 5 nitrogen and oxygen atoms in total. The van der Waals surface area contributed by atoms with E-state index in [1.54, 1.807) is 7.05 Å². The van der Waals surface area contributed by atoms with Crippen LogP contribution in [0.2, 0.25) is 0 Å². The molecular weight excluding hydrogens is 659 g/mol. The first-order valence-electron chi connectivity index (χ1n) is 10.4. The van der Waals surface area contributed by atoms with Gasteiger partial charge in [-0.25, -0.2) is 13.1 Å². The SMILES string of the molecule is CNCCCNS(=O)(=O)c1ccc(OC(F)=C(F)C(F)(F)C(F)(F)C(F)(F)C(F)(F)C(F)(F)C(F)(F)C(F)(F)F)cc1. The van der Waals surface area contributed by atoms with Crippen LogP contribution in [0.1, 0.15) is 6.42 Å². The van der Waals surface area contributed by atoms with Crippen molar-refractivity contribution in [3.05, 3.63) is 36.1 Å². The number of alkyl halides is 15. The van der Waals surface area contributed by atoms with Crippen molar-refractivity contribution in [3.63, 3.8) is 0 Å². The summed E-state index contributed by atoms with van der Waals surface area (Å²) in [7, 11) is -2.74. The first kappa shape index (κ1) is 37.5. The molecule has 0 aliphatic rings. The second-order valence-corrected chi connectivity index (χ2v) is 9.73. The zero-order chi connectivity index (χ0) is 33.4. The highest BCUT2D eigenvalue weighted by molar-refractivity contribution is 7.89. The van der Waals surface area contributed by atoms with E-state index in [-0.39, 0.29) is 13.0 Å². The van der Waals surface area contributed by atoms with Crippen molar-refractivity contribution in [1.29, 1.82) is 0 Å². The Kier molecular flexibility index (Phi) is 10.6. The quantitative estimate of drug-likeness (QED) is 0.136. The average molecular weight is 674 g/mol. The van der Waals surface area contributed by atoms with Gasteiger partial charge in [-0.15, -0.1) is 0 Å². The standard InChI is InChI=1S/C19H15F17N2O3S/c1-37-7-2-8-38-42(39,40)10-5-3-9(4-6-10)41-12(21)11(20)13(22,23)14(24,25)15(26,27)16(28,29)17(30,31)18(32,33)19(34,35)36/h3-6,37-38H,2,7-8H2,1H3. The number of hydrogen-bond donors (Lipinski definition) is 2. The van der Waals surface area contributed by atoms with Gasteiger partial charge in [0.15, 0.2) is 0 Å². The molecule has 0 amide bonds. The molecule has 0 atom stereocenters. The van der Waals surface area contributed by atoms with Gasteiger partial charge in [-0.2, -0.15) is 74.6 Å². The van der Waals surface area contributed by atoms with E-state index in [0.717, 1.165) is 0 Å². The Morgan fingerprint density at radius 1 is 0.690 bits per heavy atom. The highest BCUT2D eigenvalue weighted by Crippen LogP contribution is 2.63. The lowest BCUT2D eigenvalue weighted by molar-refractivity contribution is -0.451. The van der Waals surface area contributed by atoms with Crippen molar-refractivity contribution in [2.75, 3.05) is 20.1 Å². The van der Waals surface area contributed by atoms with Crippen LogP contribution in [0, 0.1) is 0 Å². The van der Waals surface area contributed by atoms with Crippen LogP contribution in [0.5, 0.6) is 5.75 Å². The van der Waals surface area contributed by atoms with Crippen LogP contribution < -0.4 is 14.8 Å². The predicted octanol–water partition coefficient (Wildman–Crippen LogP) is 6.44. The largest absolute Gasteiger partial charge is 0.460 e. The van der Waals surface area contributed by atoms with E-state index in [1.807, 2.05) is 4.72 Å². The lowest BCUT2D eigenvalue weighted by Crippen LogP contribution is -2.72. The van der Waals surface area contributed by atoms with Gasteiger partial charge in [-0.1, -0.05) is 0 Å². The van der Waals surface area contributed by atoms with Crippen LogP contribution in [-0.4, -0.2) is 70.3 Å². The fourth-order valence-corrected chi connectivity index (χ4v) is 3.69. The molecule has 2 N–H and O–H groups in total. The average Bonchev–Trinajstić information content (AvgIpc) is 2.85. The molecule has 0 aliphatic heterocycles. The molecule has 1 aromatic rings. The number of ether oxygens (including phenoxy) is 1. The zero-order valence-electron chi connectivity index (χ0n) is 20.0. The maximum absolute atomic E-state index is 13.8. The molecule has 0 aromatic heterocycles. The number of allylic oxidation sites excluding steroid dienone is 1. The normalized spacial score (nSPS) is 15.5. The molecule has 0 unspecified atom stereocenters. The van der Waals surface area contributed by atoms with Gasteiger partial charge in [0.05, 0.1) is 4.90 Å². The fourth-order valence-electron chi connectivity index (χ4n) is 2.62. The van der Waals surface area contributed by atoms with E-state index in [9.17, 15) is 83.1 Å². The van der Waals surface area contributed by atoms with E-state index >= 15 is 0 Å². The number of sulfonamides is 1. The molecule has 0 saturated heterocycles. The molecule has 0 radical (unpaired) electrons. The van der Waals surface area contributed by atoms with Crippen LogP contribution in [-0.2, 0) is 10.0 Å². The third kappa shape index (κ3) is 6.36. The molecule has 0 bridgehead atoms. The smallest absolute Gasteiger partial charge is 0.430 e. The van der Waals surface area contributed by atoms with Gasteiger partial charge < -0.3 is 10.1 Å². The van der Waals surface area contributed by atoms with Crippen LogP contribution in [0.4, 0.5) is 74.6 Å². The lowest BCUT2D eigenvalue weighted by Gasteiger charge is -2.41. The summed E-state index contributed by atoms with van der Waals surface area (Å²) in [6.45, 7) is 0.235. The van der Waals surface area contributed by atoms with Gasteiger partial charge in [0.1, 0.15) is 5.75 Å². The minimum absolute atomic E-state index is 0.128. The number of hydrogen-bond acceptors (Lipinski definition) is 4. The summed E-state index contributed by atoms with van der Waals surface area (Å²) in [5, 5.41) is 2.68. The Hall–Kier alpha value is -2.56. The summed E-state index contributed by atoms with van der Waals surface area (Å²) in [4.78, 5) is -0.639. The third-order valence-corrected chi connectivity index (χ3v) is 6.49. The maximum Gasteiger partial charge on any atom is 0.460 e. The topological polar surface area (TPSA) is 67.4 Å². The van der Waals surface area contributed by atoms with Crippen molar-refractivity contribution in [2.24, 2.45) is 0 Å². The van der Waals surface area contributed by atoms with E-state index < -0.39 is 74.2 Å². The highest BCUT2D eigenvalue weighted by atomic mass is 32.2. The fraction of sp³-hybridized carbons (Fsp3) is 0.579. The lowest BCUT2D eigenvalue weighted by atomic mass is 9.91. The second kappa shape index (κ2) is 11.8. The van der Waals surface area contributed by atoms with E-state index in [1.165, 1.54) is 0 Å². The Morgan fingerprint density at radius 2 is 1.12 bits per heavy atom. The van der Waals surface area contributed by atoms with Gasteiger partial charge >= 0.3 is 47.7 Å². The van der Waals surface area contributed by atoms with Crippen molar-refractivity contribution < 1.29 is 87.8 Å². The minimum Gasteiger partial charge on any atom is -0.430 e. The first-order chi connectivity index (χ1) is 18.6. The maximum atomic E-state index is 13.8. The summed E-state index contributed by atoms with van der Waals surface area (Å²) < 4.78 is 255. The van der Waals surface area contributed by atoms with Crippen molar-refractivity contribution in [2.45, 2.75) is 53.0 Å². The highest BCUT2D eigenvalue weighted by Gasteiger charge is 2.93. The first-order valence-corrected chi connectivity index (χ1v) is 11.9. The van der Waals surface area contributed by atoms with Gasteiger partial charge in [-0.05, 0) is 44.3 Å². The van der Waals surface area contributed by atoms with E-state index in [4.69, 9.17) is 0 Å². The Balaban J connectivity index is 3.39. The Morgan fingerprint density at radius 3 is 1.55 bits per heavy atom. The molecule has 0 saturated carbocycles. The van der Waals surface area contributed by atoms with Gasteiger partial charge in [0.2, 0.25) is 15.9 Å². The van der Waals surface area contributed by atoms with E-state index in [2.05, 4.69) is 10.1 Å². The molecule has 1 rings (SSSR count). The van der Waals surface area contributed by atoms with Gasteiger partial charge in [0, 0.05) is 6.54 Å². The summed E-state index contributed by atoms with van der Waals surface area (Å²) in [6.07, 6.45) is -7.55. The van der Waals surface area contributed by atoms with Crippen LogP contribution >= 0.6 is 0 Å². The van der Waals surface area contributed by atoms with Crippen molar-refractivity contribution in [1.82, 2.24) is 10.0 Å². The summed E-state index contributed by atoms with van der Waals surface area (Å²) in [6, 6.07) is -1.93. The molecule has 244 valence electrons. The summed E-state index contributed by atoms with van der Waals surface area (Å²) >= 11 is 0. The van der Waals surface area contributed by atoms with Gasteiger partial charge in [0.25, 0.3) is 0 Å². The second-order valence-electron chi connectivity index (χ2n) is 7.96. The van der Waals surface area contributed by atoms with Crippen LogP contribution in [0.15, 0.2) is 41.0 Å². The van der Waals surface area contributed by atoms with Crippen LogP contribution in [0.25, 0.3) is 0 Å². The van der Waals surface area contributed by atoms with Crippen molar-refractivity contribution in [3.8, 4) is 5.75 Å². The molecular formula is C19H15F17N2O3S. The predicted molar refractivity (Wildman–Crippen MR) is 106 cm³/mol. The monoisotopic (exact) mass is 674 g/mol. The molecule has 0 spiro atoms. The summed E-state index contributed by atoms with van der Waals surface area (Å²) in [5.41, 5.74) is 0. The molecule has 0 fully saturated rings. The van der Waals surface area contributed by atoms with E-state index in [0.29, 0.717) is 30.8 Å². The number of halogens is 17. The van der Waals surface area contributed by atoms with Crippen LogP contribution in [0.3, 0.4) is 0 Å². The van der Waals surface area contributed by atoms with Gasteiger partial charge in [-0.3, -0.25) is 0 Å². The number of rotatable bonds is 14. The third-order valence-electron chi connectivity index (χ3n) is 5.01. The minimum atomic E-state index is -8.69. The molecule has 0 heterocycles. The Bertz CT molecular complexity index is 1230. The number of nitrogens with one attached hydrogen (secondary N) is 2. The molecule has 0 aliphatic carbocycles. The molecule has 42 heavy (non-hydrogen) atoms. The van der Waals surface area contributed by atoms with Crippen molar-refractivity contribution >= 4 is 10.0 Å². The molecule has 1 aromatic carbocycles. The number of benzene rings is 1. The zero-order valence-corrected chi connectivity index (χ0v) is 20.8. The molecule has 23 heteroatoms. The summed E-state index contributed by atoms with van der Waals surface area (Å²) in [5.74, 6) is -55.9. The Labute approximate surface area is 223 Å².